The van der Waals surface area contributed by atoms with E-state index in [9.17, 15) is 9.59 Å². The number of benzene rings is 3. The fourth-order valence-corrected chi connectivity index (χ4v) is 4.81. The Balaban J connectivity index is 1.52. The topological polar surface area (TPSA) is 64.0 Å². The lowest BCUT2D eigenvalue weighted by molar-refractivity contribution is -0.122. The van der Waals surface area contributed by atoms with Crippen LogP contribution in [-0.2, 0) is 17.8 Å². The predicted molar refractivity (Wildman–Crippen MR) is 131 cm³/mol. The van der Waals surface area contributed by atoms with Gasteiger partial charge in [-0.25, -0.2) is 4.68 Å². The second-order valence-corrected chi connectivity index (χ2v) is 8.89. The molecule has 0 bridgehead atoms. The van der Waals surface area contributed by atoms with E-state index in [-0.39, 0.29) is 24.1 Å². The van der Waals surface area contributed by atoms with E-state index in [1.165, 1.54) is 15.8 Å². The van der Waals surface area contributed by atoms with Crippen LogP contribution in [0.25, 0.3) is 22.0 Å². The molecule has 1 aliphatic rings. The number of hydrogen-bond acceptors (Lipinski definition) is 3. The van der Waals surface area contributed by atoms with E-state index in [0.717, 1.165) is 47.0 Å². The highest BCUT2D eigenvalue weighted by Crippen LogP contribution is 2.30. The van der Waals surface area contributed by atoms with E-state index in [1.54, 1.807) is 6.07 Å². The van der Waals surface area contributed by atoms with Crippen molar-refractivity contribution in [1.82, 2.24) is 15.1 Å². The van der Waals surface area contributed by atoms with Crippen LogP contribution in [0.3, 0.4) is 0 Å². The van der Waals surface area contributed by atoms with Gasteiger partial charge in [-0.3, -0.25) is 9.59 Å². The number of fused-ring (bicyclic) bond motifs is 2. The van der Waals surface area contributed by atoms with Gasteiger partial charge in [0.1, 0.15) is 6.54 Å². The van der Waals surface area contributed by atoms with Crippen molar-refractivity contribution in [3.05, 3.63) is 99.3 Å². The number of amides is 1. The van der Waals surface area contributed by atoms with E-state index >= 15 is 0 Å². The number of aryl methyl sites for hydroxylation is 3. The van der Waals surface area contributed by atoms with Gasteiger partial charge in [-0.2, -0.15) is 5.10 Å². The molecular weight excluding hydrogens is 410 g/mol. The minimum atomic E-state index is -0.251. The average Bonchev–Trinajstić information content (AvgIpc) is 2.83. The summed E-state index contributed by atoms with van der Waals surface area (Å²) in [6, 6.07) is 21.9. The summed E-state index contributed by atoms with van der Waals surface area (Å²) < 4.78 is 1.31. The maximum absolute atomic E-state index is 13.2. The third kappa shape index (κ3) is 4.07. The first-order valence-corrected chi connectivity index (χ1v) is 11.5. The first kappa shape index (κ1) is 21.1. The number of hydrogen-bond donors (Lipinski definition) is 1. The SMILES string of the molecule is Cc1ccc(C)c(-c2nn(CC(=O)NC3CCCc4ccccc43)c(=O)c3ccccc23)c1. The standard InChI is InChI=1S/C28H27N3O2/c1-18-14-15-19(2)24(16-18)27-22-11-5-6-12-23(22)28(33)31(30-27)17-26(32)29-25-13-7-9-20-8-3-4-10-21(20)25/h3-6,8,10-12,14-16,25H,7,9,13,17H2,1-2H3,(H,29,32). The van der Waals surface area contributed by atoms with Gasteiger partial charge in [-0.05, 0) is 61.9 Å². The molecule has 0 spiro atoms. The zero-order valence-electron chi connectivity index (χ0n) is 19.0. The lowest BCUT2D eigenvalue weighted by atomic mass is 9.88. The highest BCUT2D eigenvalue weighted by Gasteiger charge is 2.22. The number of carbonyl (C=O) groups excluding carboxylic acids is 1. The molecule has 5 heteroatoms. The van der Waals surface area contributed by atoms with E-state index in [1.807, 2.05) is 44.2 Å². The van der Waals surface area contributed by atoms with Gasteiger partial charge in [0.25, 0.3) is 5.56 Å². The van der Waals surface area contributed by atoms with Crippen LogP contribution in [0, 0.1) is 13.8 Å². The van der Waals surface area contributed by atoms with Crippen LogP contribution in [0.1, 0.15) is 41.1 Å². The van der Waals surface area contributed by atoms with Gasteiger partial charge in [0, 0.05) is 10.9 Å². The fourth-order valence-electron chi connectivity index (χ4n) is 4.81. The van der Waals surface area contributed by atoms with Crippen molar-refractivity contribution in [3.8, 4) is 11.3 Å². The molecule has 5 nitrogen and oxygen atoms in total. The smallest absolute Gasteiger partial charge is 0.275 e. The molecule has 1 aliphatic carbocycles. The summed E-state index contributed by atoms with van der Waals surface area (Å²) in [6.07, 6.45) is 2.97. The highest BCUT2D eigenvalue weighted by molar-refractivity contribution is 5.94. The molecule has 0 saturated carbocycles. The largest absolute Gasteiger partial charge is 0.348 e. The summed E-state index contributed by atoms with van der Waals surface area (Å²) in [7, 11) is 0. The van der Waals surface area contributed by atoms with Crippen molar-refractivity contribution in [2.24, 2.45) is 0 Å². The van der Waals surface area contributed by atoms with Gasteiger partial charge in [0.2, 0.25) is 5.91 Å². The fraction of sp³-hybridized carbons (Fsp3) is 0.250. The Bertz CT molecular complexity index is 1420. The van der Waals surface area contributed by atoms with Crippen molar-refractivity contribution in [1.29, 1.82) is 0 Å². The van der Waals surface area contributed by atoms with Gasteiger partial charge in [0.15, 0.2) is 0 Å². The van der Waals surface area contributed by atoms with Crippen LogP contribution in [0.15, 0.2) is 71.5 Å². The Morgan fingerprint density at radius 1 is 1.03 bits per heavy atom. The van der Waals surface area contributed by atoms with Gasteiger partial charge in [-0.15, -0.1) is 0 Å². The minimum Gasteiger partial charge on any atom is -0.348 e. The Morgan fingerprint density at radius 3 is 2.64 bits per heavy atom. The highest BCUT2D eigenvalue weighted by atomic mass is 16.2. The zero-order chi connectivity index (χ0) is 22.9. The molecular formula is C28H27N3O2. The van der Waals surface area contributed by atoms with Gasteiger partial charge in [0.05, 0.1) is 17.1 Å². The van der Waals surface area contributed by atoms with Crippen molar-refractivity contribution in [3.63, 3.8) is 0 Å². The number of carbonyl (C=O) groups is 1. The minimum absolute atomic E-state index is 0.0305. The second kappa shape index (κ2) is 8.66. The summed E-state index contributed by atoms with van der Waals surface area (Å²) in [4.78, 5) is 26.2. The van der Waals surface area contributed by atoms with Crippen LogP contribution in [0.2, 0.25) is 0 Å². The molecule has 4 aromatic rings. The van der Waals surface area contributed by atoms with Crippen LogP contribution in [-0.4, -0.2) is 15.7 Å². The maximum atomic E-state index is 13.2. The lowest BCUT2D eigenvalue weighted by Crippen LogP contribution is -2.37. The molecule has 33 heavy (non-hydrogen) atoms. The number of rotatable bonds is 4. The molecule has 1 unspecified atom stereocenters. The lowest BCUT2D eigenvalue weighted by Gasteiger charge is -2.26. The monoisotopic (exact) mass is 437 g/mol. The summed E-state index contributed by atoms with van der Waals surface area (Å²) in [5.41, 5.74) is 6.10. The molecule has 0 aliphatic heterocycles. The molecule has 0 fully saturated rings. The summed E-state index contributed by atoms with van der Waals surface area (Å²) in [5.74, 6) is -0.200. The van der Waals surface area contributed by atoms with Crippen molar-refractivity contribution < 1.29 is 4.79 Å². The maximum Gasteiger partial charge on any atom is 0.275 e. The average molecular weight is 438 g/mol. The third-order valence-electron chi connectivity index (χ3n) is 6.51. The predicted octanol–water partition coefficient (Wildman–Crippen LogP) is 4.87. The normalized spacial score (nSPS) is 15.3. The first-order chi connectivity index (χ1) is 16.0. The number of aromatic nitrogens is 2. The Labute approximate surface area is 193 Å². The molecule has 0 saturated heterocycles. The van der Waals surface area contributed by atoms with E-state index < -0.39 is 0 Å². The molecule has 1 N–H and O–H groups in total. The molecule has 5 rings (SSSR count). The quantitative estimate of drug-likeness (QED) is 0.495. The van der Waals surface area contributed by atoms with Crippen molar-refractivity contribution in [2.45, 2.75) is 45.7 Å². The van der Waals surface area contributed by atoms with Crippen molar-refractivity contribution in [2.75, 3.05) is 0 Å². The summed E-state index contributed by atoms with van der Waals surface area (Å²) >= 11 is 0. The van der Waals surface area contributed by atoms with Crippen LogP contribution in [0.4, 0.5) is 0 Å². The third-order valence-corrected chi connectivity index (χ3v) is 6.51. The van der Waals surface area contributed by atoms with Gasteiger partial charge >= 0.3 is 0 Å². The van der Waals surface area contributed by atoms with Crippen molar-refractivity contribution >= 4 is 16.7 Å². The summed E-state index contributed by atoms with van der Waals surface area (Å²) in [6.45, 7) is 3.96. The Kier molecular flexibility index (Phi) is 5.55. The van der Waals surface area contributed by atoms with Crippen LogP contribution in [0.5, 0.6) is 0 Å². The van der Waals surface area contributed by atoms with Crippen LogP contribution < -0.4 is 10.9 Å². The first-order valence-electron chi connectivity index (χ1n) is 11.5. The summed E-state index contributed by atoms with van der Waals surface area (Å²) in [5, 5.41) is 9.20. The van der Waals surface area contributed by atoms with Gasteiger partial charge in [-0.1, -0.05) is 60.2 Å². The van der Waals surface area contributed by atoms with Gasteiger partial charge < -0.3 is 5.32 Å². The van der Waals surface area contributed by atoms with E-state index in [4.69, 9.17) is 5.10 Å². The molecule has 0 radical (unpaired) electrons. The molecule has 1 heterocycles. The molecule has 1 amide bonds. The molecule has 1 aromatic heterocycles. The van der Waals surface area contributed by atoms with Crippen LogP contribution >= 0.6 is 0 Å². The molecule has 166 valence electrons. The van der Waals surface area contributed by atoms with E-state index in [0.29, 0.717) is 5.39 Å². The second-order valence-electron chi connectivity index (χ2n) is 8.89. The number of nitrogens with one attached hydrogen (secondary N) is 1. The molecule has 1 atom stereocenters. The Hall–Kier alpha value is -3.73. The number of nitrogens with zero attached hydrogens (tertiary/aromatic N) is 2. The molecule has 3 aromatic carbocycles. The zero-order valence-corrected chi connectivity index (χ0v) is 19.0. The van der Waals surface area contributed by atoms with E-state index in [2.05, 4.69) is 35.6 Å². The Morgan fingerprint density at radius 2 is 1.79 bits per heavy atom.